The minimum atomic E-state index is -2.63. The van der Waals surface area contributed by atoms with E-state index in [-0.39, 0.29) is 18.1 Å². The van der Waals surface area contributed by atoms with Crippen LogP contribution in [0.25, 0.3) is 0 Å². The van der Waals surface area contributed by atoms with Crippen molar-refractivity contribution < 1.29 is 13.6 Å². The normalized spacial score (nSPS) is 11.2. The molecule has 5 nitrogen and oxygen atoms in total. The van der Waals surface area contributed by atoms with Gasteiger partial charge in [0.25, 0.3) is 12.3 Å². The standard InChI is InChI=1S/C11H12F2N4O/c1-7-4-14-17(5-7)10(18)6-16-8(2)3-9(15-16)11(12)13/h3-5,11H,6H2,1-2H3. The van der Waals surface area contributed by atoms with E-state index in [1.165, 1.54) is 15.4 Å². The third-order valence-electron chi connectivity index (χ3n) is 2.48. The van der Waals surface area contributed by atoms with E-state index in [2.05, 4.69) is 10.2 Å². The Kier molecular flexibility index (Phi) is 3.22. The van der Waals surface area contributed by atoms with E-state index >= 15 is 0 Å². The van der Waals surface area contributed by atoms with Crippen LogP contribution in [-0.4, -0.2) is 25.5 Å². The maximum atomic E-state index is 12.4. The van der Waals surface area contributed by atoms with E-state index in [1.807, 2.05) is 6.92 Å². The van der Waals surface area contributed by atoms with Crippen LogP contribution < -0.4 is 0 Å². The summed E-state index contributed by atoms with van der Waals surface area (Å²) in [7, 11) is 0. The van der Waals surface area contributed by atoms with E-state index in [4.69, 9.17) is 0 Å². The van der Waals surface area contributed by atoms with Crippen LogP contribution >= 0.6 is 0 Å². The van der Waals surface area contributed by atoms with Gasteiger partial charge in [0, 0.05) is 11.9 Å². The van der Waals surface area contributed by atoms with Crippen molar-refractivity contribution in [3.05, 3.63) is 35.4 Å². The fourth-order valence-electron chi connectivity index (χ4n) is 1.55. The Morgan fingerprint density at radius 3 is 2.67 bits per heavy atom. The van der Waals surface area contributed by atoms with Crippen molar-refractivity contribution in [1.29, 1.82) is 0 Å². The number of carbonyl (C=O) groups excluding carboxylic acids is 1. The van der Waals surface area contributed by atoms with Gasteiger partial charge in [-0.2, -0.15) is 10.2 Å². The first kappa shape index (κ1) is 12.4. The molecule has 0 spiro atoms. The van der Waals surface area contributed by atoms with Crippen LogP contribution in [0.2, 0.25) is 0 Å². The summed E-state index contributed by atoms with van der Waals surface area (Å²) in [6.07, 6.45) is 0.500. The van der Waals surface area contributed by atoms with Crippen molar-refractivity contribution in [2.45, 2.75) is 26.8 Å². The Morgan fingerprint density at radius 2 is 2.17 bits per heavy atom. The molecule has 0 unspecified atom stereocenters. The summed E-state index contributed by atoms with van der Waals surface area (Å²) in [4.78, 5) is 11.8. The third-order valence-corrected chi connectivity index (χ3v) is 2.48. The smallest absolute Gasteiger partial charge is 0.270 e. The van der Waals surface area contributed by atoms with Crippen LogP contribution in [0.4, 0.5) is 8.78 Å². The topological polar surface area (TPSA) is 52.7 Å². The maximum absolute atomic E-state index is 12.4. The van der Waals surface area contributed by atoms with E-state index in [0.717, 1.165) is 5.56 Å². The molecule has 2 heterocycles. The quantitative estimate of drug-likeness (QED) is 0.841. The van der Waals surface area contributed by atoms with Gasteiger partial charge in [0.15, 0.2) is 0 Å². The van der Waals surface area contributed by atoms with Gasteiger partial charge in [0.1, 0.15) is 12.2 Å². The third kappa shape index (κ3) is 2.44. The van der Waals surface area contributed by atoms with Crippen molar-refractivity contribution in [2.75, 3.05) is 0 Å². The molecule has 0 fully saturated rings. The molecule has 2 aromatic heterocycles. The van der Waals surface area contributed by atoms with Crippen molar-refractivity contribution in [3.63, 3.8) is 0 Å². The molecule has 0 saturated carbocycles. The minimum absolute atomic E-state index is 0.111. The van der Waals surface area contributed by atoms with Gasteiger partial charge in [-0.1, -0.05) is 0 Å². The Hall–Kier alpha value is -2.05. The highest BCUT2D eigenvalue weighted by Crippen LogP contribution is 2.17. The summed E-state index contributed by atoms with van der Waals surface area (Å²) < 4.78 is 27.3. The lowest BCUT2D eigenvalue weighted by atomic mass is 10.4. The van der Waals surface area contributed by atoms with Gasteiger partial charge >= 0.3 is 0 Å². The zero-order chi connectivity index (χ0) is 13.3. The van der Waals surface area contributed by atoms with Crippen LogP contribution in [0.3, 0.4) is 0 Å². The lowest BCUT2D eigenvalue weighted by molar-refractivity contribution is 0.0867. The largest absolute Gasteiger partial charge is 0.282 e. The summed E-state index contributed by atoms with van der Waals surface area (Å²) in [5.74, 6) is -0.324. The fourth-order valence-corrected chi connectivity index (χ4v) is 1.55. The number of rotatable bonds is 3. The molecule has 0 aliphatic heterocycles. The highest BCUT2D eigenvalue weighted by atomic mass is 19.3. The van der Waals surface area contributed by atoms with Crippen LogP contribution in [0.15, 0.2) is 18.5 Å². The van der Waals surface area contributed by atoms with Crippen LogP contribution in [0, 0.1) is 13.8 Å². The van der Waals surface area contributed by atoms with Gasteiger partial charge in [-0.05, 0) is 25.5 Å². The molecule has 0 bridgehead atoms. The monoisotopic (exact) mass is 254 g/mol. The lowest BCUT2D eigenvalue weighted by Crippen LogP contribution is -2.19. The second-order valence-corrected chi connectivity index (χ2v) is 4.02. The van der Waals surface area contributed by atoms with Crippen LogP contribution in [0.1, 0.15) is 28.2 Å². The average molecular weight is 254 g/mol. The number of alkyl halides is 2. The number of halogens is 2. The number of aromatic nitrogens is 4. The Morgan fingerprint density at radius 1 is 1.44 bits per heavy atom. The predicted molar refractivity (Wildman–Crippen MR) is 59.5 cm³/mol. The summed E-state index contributed by atoms with van der Waals surface area (Å²) in [5.41, 5.74) is 1.05. The van der Waals surface area contributed by atoms with Gasteiger partial charge < -0.3 is 0 Å². The first-order valence-corrected chi connectivity index (χ1v) is 5.34. The number of carbonyl (C=O) groups is 1. The highest BCUT2D eigenvalue weighted by Gasteiger charge is 2.15. The van der Waals surface area contributed by atoms with E-state index in [9.17, 15) is 13.6 Å². The summed E-state index contributed by atoms with van der Waals surface area (Å²) in [5, 5.41) is 7.55. The predicted octanol–water partition coefficient (Wildman–Crippen LogP) is 1.97. The molecule has 0 N–H and O–H groups in total. The van der Waals surface area contributed by atoms with Crippen molar-refractivity contribution in [2.24, 2.45) is 0 Å². The number of hydrogen-bond donors (Lipinski definition) is 0. The van der Waals surface area contributed by atoms with Gasteiger partial charge in [-0.15, -0.1) is 0 Å². The van der Waals surface area contributed by atoms with Gasteiger partial charge in [-0.25, -0.2) is 13.5 Å². The molecule has 18 heavy (non-hydrogen) atoms. The second kappa shape index (κ2) is 4.67. The van der Waals surface area contributed by atoms with Gasteiger partial charge in [0.05, 0.1) is 6.20 Å². The lowest BCUT2D eigenvalue weighted by Gasteiger charge is -2.03. The maximum Gasteiger partial charge on any atom is 0.282 e. The van der Waals surface area contributed by atoms with E-state index in [0.29, 0.717) is 5.69 Å². The molecule has 0 radical (unpaired) electrons. The summed E-state index contributed by atoms with van der Waals surface area (Å²) in [6, 6.07) is 1.27. The molecular weight excluding hydrogens is 242 g/mol. The SMILES string of the molecule is Cc1cnn(C(=O)Cn2nc(C(F)F)cc2C)c1. The van der Waals surface area contributed by atoms with Crippen molar-refractivity contribution >= 4 is 5.91 Å². The zero-order valence-electron chi connectivity index (χ0n) is 9.97. The molecule has 0 saturated heterocycles. The molecule has 0 amide bonds. The Balaban J connectivity index is 2.16. The molecular formula is C11H12F2N4O. The molecule has 0 aromatic carbocycles. The molecule has 96 valence electrons. The Labute approximate surface area is 102 Å². The Bertz CT molecular complexity index is 573. The fraction of sp³-hybridized carbons (Fsp3) is 0.364. The van der Waals surface area contributed by atoms with Crippen molar-refractivity contribution in [1.82, 2.24) is 19.6 Å². The minimum Gasteiger partial charge on any atom is -0.270 e. The van der Waals surface area contributed by atoms with Crippen LogP contribution in [0.5, 0.6) is 0 Å². The molecule has 0 aliphatic carbocycles. The first-order chi connectivity index (χ1) is 8.47. The zero-order valence-corrected chi connectivity index (χ0v) is 9.97. The second-order valence-electron chi connectivity index (χ2n) is 4.02. The summed E-state index contributed by atoms with van der Waals surface area (Å²) in [6.45, 7) is 3.32. The van der Waals surface area contributed by atoms with Crippen molar-refractivity contribution in [3.8, 4) is 0 Å². The van der Waals surface area contributed by atoms with Gasteiger partial charge in [0.2, 0.25) is 0 Å². The number of nitrogens with zero attached hydrogens (tertiary/aromatic N) is 4. The first-order valence-electron chi connectivity index (χ1n) is 5.34. The van der Waals surface area contributed by atoms with Crippen LogP contribution in [-0.2, 0) is 6.54 Å². The average Bonchev–Trinajstić information content (AvgIpc) is 2.86. The van der Waals surface area contributed by atoms with Gasteiger partial charge in [-0.3, -0.25) is 9.48 Å². The van der Waals surface area contributed by atoms with E-state index < -0.39 is 6.43 Å². The molecule has 2 rings (SSSR count). The molecule has 0 atom stereocenters. The molecule has 0 aliphatic rings. The summed E-state index contributed by atoms with van der Waals surface area (Å²) >= 11 is 0. The number of aryl methyl sites for hydroxylation is 2. The number of hydrogen-bond acceptors (Lipinski definition) is 3. The molecule has 7 heteroatoms. The molecule has 2 aromatic rings. The van der Waals surface area contributed by atoms with E-state index in [1.54, 1.807) is 19.3 Å². The highest BCUT2D eigenvalue weighted by molar-refractivity contribution is 5.77.